The molecule has 2 amide bonds. The Bertz CT molecular complexity index is 750. The molecule has 0 saturated carbocycles. The molecule has 8 heteroatoms. The van der Waals surface area contributed by atoms with Crippen LogP contribution >= 0.6 is 24.0 Å². The van der Waals surface area contributed by atoms with E-state index in [1.807, 2.05) is 63.2 Å². The van der Waals surface area contributed by atoms with Crippen molar-refractivity contribution in [2.75, 3.05) is 18.4 Å². The fourth-order valence-electron chi connectivity index (χ4n) is 2.49. The third kappa shape index (κ3) is 10.1. The van der Waals surface area contributed by atoms with Crippen molar-refractivity contribution in [3.63, 3.8) is 0 Å². The summed E-state index contributed by atoms with van der Waals surface area (Å²) in [4.78, 5) is 20.7. The Morgan fingerprint density at radius 3 is 2.48 bits per heavy atom. The van der Waals surface area contributed by atoms with Gasteiger partial charge in [-0.25, -0.2) is 9.79 Å². The summed E-state index contributed by atoms with van der Waals surface area (Å²) in [5.74, 6) is 0.775. The summed E-state index contributed by atoms with van der Waals surface area (Å²) in [7, 11) is 0. The van der Waals surface area contributed by atoms with Gasteiger partial charge in [0.05, 0.1) is 6.54 Å². The Labute approximate surface area is 190 Å². The van der Waals surface area contributed by atoms with Crippen LogP contribution in [0.4, 0.5) is 10.5 Å². The lowest BCUT2D eigenvalue weighted by Crippen LogP contribution is -2.38. The van der Waals surface area contributed by atoms with E-state index in [0.717, 1.165) is 42.4 Å². The lowest BCUT2D eigenvalue weighted by molar-refractivity contribution is 0.250. The molecule has 0 fully saturated rings. The molecule has 1 aromatic carbocycles. The van der Waals surface area contributed by atoms with Crippen LogP contribution < -0.4 is 21.3 Å². The number of anilines is 1. The van der Waals surface area contributed by atoms with Crippen molar-refractivity contribution in [2.45, 2.75) is 39.8 Å². The summed E-state index contributed by atoms with van der Waals surface area (Å²) in [5.41, 5.74) is 2.87. The molecule has 7 nitrogen and oxygen atoms in total. The number of urea groups is 1. The van der Waals surface area contributed by atoms with E-state index < -0.39 is 0 Å². The van der Waals surface area contributed by atoms with E-state index in [9.17, 15) is 4.79 Å². The number of carbonyl (C=O) groups is 1. The average Bonchev–Trinajstić information content (AvgIpc) is 2.67. The molecule has 1 heterocycles. The molecule has 2 rings (SSSR count). The number of aromatic nitrogens is 1. The van der Waals surface area contributed by atoms with Gasteiger partial charge in [0.1, 0.15) is 0 Å². The molecule has 0 radical (unpaired) electrons. The quantitative estimate of drug-likeness (QED) is 0.249. The summed E-state index contributed by atoms with van der Waals surface area (Å²) in [5, 5.41) is 12.2. The normalized spacial score (nSPS) is 10.8. The smallest absolute Gasteiger partial charge is 0.319 e. The second kappa shape index (κ2) is 13.8. The first-order valence-electron chi connectivity index (χ1n) is 9.65. The van der Waals surface area contributed by atoms with E-state index in [-0.39, 0.29) is 36.0 Å². The van der Waals surface area contributed by atoms with Gasteiger partial charge in [-0.1, -0.05) is 18.2 Å². The van der Waals surface area contributed by atoms with Gasteiger partial charge in [0, 0.05) is 43.1 Å². The molecule has 0 atom stereocenters. The number of hydrogen-bond acceptors (Lipinski definition) is 3. The fourth-order valence-corrected chi connectivity index (χ4v) is 2.49. The van der Waals surface area contributed by atoms with Crippen LogP contribution in [0.1, 0.15) is 32.0 Å². The van der Waals surface area contributed by atoms with Crippen molar-refractivity contribution in [3.05, 3.63) is 59.9 Å². The van der Waals surface area contributed by atoms with E-state index >= 15 is 0 Å². The third-order valence-electron chi connectivity index (χ3n) is 3.80. The van der Waals surface area contributed by atoms with E-state index in [1.54, 1.807) is 6.20 Å². The van der Waals surface area contributed by atoms with Crippen LogP contribution in [0.5, 0.6) is 0 Å². The number of nitrogens with zero attached hydrogens (tertiary/aromatic N) is 2. The van der Waals surface area contributed by atoms with Gasteiger partial charge in [0.15, 0.2) is 5.96 Å². The minimum atomic E-state index is -0.202. The second-order valence-electron chi connectivity index (χ2n) is 6.64. The van der Waals surface area contributed by atoms with Crippen LogP contribution in [0.2, 0.25) is 0 Å². The highest BCUT2D eigenvalue weighted by molar-refractivity contribution is 14.0. The Kier molecular flexibility index (Phi) is 11.7. The number of amides is 2. The molecule has 0 saturated heterocycles. The molecule has 2 aromatic rings. The molecule has 0 bridgehead atoms. The number of carbonyl (C=O) groups excluding carboxylic acids is 1. The van der Waals surface area contributed by atoms with Gasteiger partial charge in [-0.05, 0) is 50.6 Å². The maximum absolute atomic E-state index is 11.7. The highest BCUT2D eigenvalue weighted by atomic mass is 127. The first-order chi connectivity index (χ1) is 13.6. The van der Waals surface area contributed by atoms with Crippen LogP contribution in [-0.2, 0) is 13.0 Å². The highest BCUT2D eigenvalue weighted by Gasteiger charge is 2.03. The minimum Gasteiger partial charge on any atom is -0.357 e. The molecule has 158 valence electrons. The predicted molar refractivity (Wildman–Crippen MR) is 130 cm³/mol. The summed E-state index contributed by atoms with van der Waals surface area (Å²) in [6, 6.07) is 13.5. The number of rotatable bonds is 8. The number of pyridine rings is 1. The molecule has 0 aliphatic rings. The Morgan fingerprint density at radius 2 is 1.86 bits per heavy atom. The summed E-state index contributed by atoms with van der Waals surface area (Å²) >= 11 is 0. The molecular formula is C21H31IN6O. The van der Waals surface area contributed by atoms with Crippen molar-refractivity contribution >= 4 is 41.7 Å². The van der Waals surface area contributed by atoms with E-state index in [4.69, 9.17) is 0 Å². The molecule has 0 aliphatic carbocycles. The van der Waals surface area contributed by atoms with Crippen LogP contribution in [0.25, 0.3) is 0 Å². The highest BCUT2D eigenvalue weighted by Crippen LogP contribution is 2.10. The maximum Gasteiger partial charge on any atom is 0.319 e. The zero-order chi connectivity index (χ0) is 20.2. The summed E-state index contributed by atoms with van der Waals surface area (Å²) in [6.45, 7) is 8.00. The van der Waals surface area contributed by atoms with Gasteiger partial charge in [-0.15, -0.1) is 24.0 Å². The lowest BCUT2D eigenvalue weighted by atomic mass is 10.2. The Hall–Kier alpha value is -2.36. The van der Waals surface area contributed by atoms with E-state index in [1.165, 1.54) is 0 Å². The van der Waals surface area contributed by atoms with Crippen molar-refractivity contribution < 1.29 is 4.79 Å². The molecule has 29 heavy (non-hydrogen) atoms. The van der Waals surface area contributed by atoms with Gasteiger partial charge in [-0.2, -0.15) is 0 Å². The topological polar surface area (TPSA) is 90.4 Å². The van der Waals surface area contributed by atoms with Gasteiger partial charge in [0.25, 0.3) is 0 Å². The van der Waals surface area contributed by atoms with Crippen LogP contribution in [0, 0.1) is 0 Å². The molecular weight excluding hydrogens is 479 g/mol. The van der Waals surface area contributed by atoms with E-state index in [0.29, 0.717) is 6.54 Å². The zero-order valence-corrected chi connectivity index (χ0v) is 19.6. The molecule has 0 unspecified atom stereocenters. The number of benzene rings is 1. The summed E-state index contributed by atoms with van der Waals surface area (Å²) < 4.78 is 0. The maximum atomic E-state index is 11.7. The molecule has 1 aromatic heterocycles. The molecule has 0 spiro atoms. The van der Waals surface area contributed by atoms with Gasteiger partial charge < -0.3 is 21.3 Å². The fraction of sp³-hybridized carbons (Fsp3) is 0.381. The number of guanidine groups is 1. The van der Waals surface area contributed by atoms with Crippen LogP contribution in [0.3, 0.4) is 0 Å². The SMILES string of the molecule is CCNC(=NCc1ccc(NC(=O)NC(C)C)cc1)NCCc1ccccn1.I. The predicted octanol–water partition coefficient (Wildman–Crippen LogP) is 3.53. The van der Waals surface area contributed by atoms with Crippen molar-refractivity contribution in [3.8, 4) is 0 Å². The lowest BCUT2D eigenvalue weighted by Gasteiger charge is -2.12. The Morgan fingerprint density at radius 1 is 1.10 bits per heavy atom. The van der Waals surface area contributed by atoms with E-state index in [2.05, 4.69) is 31.2 Å². The number of hydrogen-bond donors (Lipinski definition) is 4. The van der Waals surface area contributed by atoms with Crippen LogP contribution in [-0.4, -0.2) is 36.1 Å². The first kappa shape index (κ1) is 24.7. The largest absolute Gasteiger partial charge is 0.357 e. The van der Waals surface area contributed by atoms with Crippen LogP contribution in [0.15, 0.2) is 53.7 Å². The second-order valence-corrected chi connectivity index (χ2v) is 6.64. The standard InChI is InChI=1S/C21H30N6O.HI/c1-4-22-20(24-14-12-18-7-5-6-13-23-18)25-15-17-8-10-19(11-9-17)27-21(28)26-16(2)3;/h5-11,13,16H,4,12,14-15H2,1-3H3,(H2,22,24,25)(H2,26,27,28);1H. The van der Waals surface area contributed by atoms with Crippen molar-refractivity contribution in [1.29, 1.82) is 0 Å². The monoisotopic (exact) mass is 510 g/mol. The molecule has 4 N–H and O–H groups in total. The number of nitrogens with one attached hydrogen (secondary N) is 4. The van der Waals surface area contributed by atoms with Crippen molar-refractivity contribution in [2.24, 2.45) is 4.99 Å². The van der Waals surface area contributed by atoms with Crippen molar-refractivity contribution in [1.82, 2.24) is 20.9 Å². The third-order valence-corrected chi connectivity index (χ3v) is 3.80. The van der Waals surface area contributed by atoms with Gasteiger partial charge in [0.2, 0.25) is 0 Å². The summed E-state index contributed by atoms with van der Waals surface area (Å²) in [6.07, 6.45) is 2.64. The number of aliphatic imine (C=N–C) groups is 1. The first-order valence-corrected chi connectivity index (χ1v) is 9.65. The zero-order valence-electron chi connectivity index (χ0n) is 17.2. The average molecular weight is 510 g/mol. The van der Waals surface area contributed by atoms with Gasteiger partial charge >= 0.3 is 6.03 Å². The Balaban J connectivity index is 0.00000420. The molecule has 0 aliphatic heterocycles. The minimum absolute atomic E-state index is 0. The number of halogens is 1. The van der Waals surface area contributed by atoms with Gasteiger partial charge in [-0.3, -0.25) is 4.98 Å².